The van der Waals surface area contributed by atoms with Crippen LogP contribution in [0.2, 0.25) is 0 Å². The molecule has 1 aromatic carbocycles. The molecule has 2 saturated heterocycles. The van der Waals surface area contributed by atoms with Gasteiger partial charge >= 0.3 is 0 Å². The van der Waals surface area contributed by atoms with Crippen LogP contribution in [-0.4, -0.2) is 91.4 Å². The van der Waals surface area contributed by atoms with Crippen molar-refractivity contribution in [2.24, 2.45) is 4.99 Å². The molecule has 170 valence electrons. The number of guanidine groups is 1. The van der Waals surface area contributed by atoms with Crippen LogP contribution in [0.4, 0.5) is 5.69 Å². The van der Waals surface area contributed by atoms with Gasteiger partial charge in [0.15, 0.2) is 5.96 Å². The van der Waals surface area contributed by atoms with E-state index in [1.807, 2.05) is 43.1 Å². The number of nitrogens with zero attached hydrogens (tertiary/aromatic N) is 4. The molecule has 0 spiro atoms. The molecule has 1 atom stereocenters. The number of piperazine rings is 1. The molecule has 0 aliphatic carbocycles. The van der Waals surface area contributed by atoms with Gasteiger partial charge in [-0.2, -0.15) is 0 Å². The number of benzene rings is 1. The highest BCUT2D eigenvalue weighted by Crippen LogP contribution is 2.14. The smallest absolute Gasteiger partial charge is 0.239 e. The molecule has 8 nitrogen and oxygen atoms in total. The van der Waals surface area contributed by atoms with Gasteiger partial charge in [-0.05, 0) is 43.9 Å². The predicted molar refractivity (Wildman–Crippen MR) is 124 cm³/mol. The number of anilines is 1. The Balaban J connectivity index is 1.41. The van der Waals surface area contributed by atoms with Crippen LogP contribution in [0.1, 0.15) is 32.3 Å². The minimum absolute atomic E-state index is 0.0457. The molecule has 2 amide bonds. The fourth-order valence-corrected chi connectivity index (χ4v) is 4.29. The van der Waals surface area contributed by atoms with Gasteiger partial charge in [0.05, 0.1) is 6.04 Å². The van der Waals surface area contributed by atoms with Crippen LogP contribution in [0.3, 0.4) is 0 Å². The van der Waals surface area contributed by atoms with Crippen LogP contribution >= 0.6 is 0 Å². The first kappa shape index (κ1) is 23.1. The van der Waals surface area contributed by atoms with Crippen LogP contribution in [0.25, 0.3) is 0 Å². The second-order valence-electron chi connectivity index (χ2n) is 8.33. The average molecular weight is 429 g/mol. The minimum atomic E-state index is -0.0619. The molecule has 0 saturated carbocycles. The molecular weight excluding hydrogens is 392 g/mol. The Hall–Kier alpha value is -2.61. The number of carbonyl (C=O) groups is 2. The summed E-state index contributed by atoms with van der Waals surface area (Å²) in [5.74, 6) is 1.12. The summed E-state index contributed by atoms with van der Waals surface area (Å²) in [5, 5.41) is 6.24. The van der Waals surface area contributed by atoms with E-state index in [1.165, 1.54) is 12.5 Å². The highest BCUT2D eigenvalue weighted by Gasteiger charge is 2.30. The second-order valence-corrected chi connectivity index (χ2v) is 8.33. The van der Waals surface area contributed by atoms with Gasteiger partial charge in [-0.3, -0.25) is 19.5 Å². The third-order valence-corrected chi connectivity index (χ3v) is 6.12. The summed E-state index contributed by atoms with van der Waals surface area (Å²) in [6, 6.07) is 7.88. The molecule has 3 rings (SSSR count). The summed E-state index contributed by atoms with van der Waals surface area (Å²) >= 11 is 0. The average Bonchev–Trinajstić information content (AvgIpc) is 3.32. The maximum Gasteiger partial charge on any atom is 0.239 e. The Labute approximate surface area is 185 Å². The molecule has 0 aromatic heterocycles. The zero-order valence-corrected chi connectivity index (χ0v) is 19.1. The van der Waals surface area contributed by atoms with E-state index in [0.29, 0.717) is 0 Å². The van der Waals surface area contributed by atoms with Gasteiger partial charge in [-0.1, -0.05) is 12.1 Å². The van der Waals surface area contributed by atoms with Crippen molar-refractivity contribution >= 4 is 23.5 Å². The van der Waals surface area contributed by atoms with Gasteiger partial charge in [0.1, 0.15) is 0 Å². The first-order valence-corrected chi connectivity index (χ1v) is 11.3. The Morgan fingerprint density at radius 3 is 2.23 bits per heavy atom. The van der Waals surface area contributed by atoms with Crippen molar-refractivity contribution in [2.45, 2.75) is 39.2 Å². The van der Waals surface area contributed by atoms with Gasteiger partial charge in [0.25, 0.3) is 0 Å². The van der Waals surface area contributed by atoms with Crippen molar-refractivity contribution in [1.82, 2.24) is 20.0 Å². The van der Waals surface area contributed by atoms with E-state index >= 15 is 0 Å². The number of rotatable bonds is 6. The highest BCUT2D eigenvalue weighted by atomic mass is 16.2. The summed E-state index contributed by atoms with van der Waals surface area (Å²) in [5.41, 5.74) is 2.02. The zero-order chi connectivity index (χ0) is 22.2. The SMILES string of the molecule is CN=C(NCCc1ccc(NC(C)=O)cc1)N1CCN(C(C)C(=O)N2CCCC2)CC1. The fraction of sp³-hybridized carbons (Fsp3) is 0.609. The predicted octanol–water partition coefficient (Wildman–Crippen LogP) is 1.39. The summed E-state index contributed by atoms with van der Waals surface area (Å²) in [4.78, 5) is 34.8. The first-order chi connectivity index (χ1) is 15.0. The molecule has 1 aromatic rings. The lowest BCUT2D eigenvalue weighted by atomic mass is 10.1. The lowest BCUT2D eigenvalue weighted by molar-refractivity contribution is -0.135. The Bertz CT molecular complexity index is 765. The van der Waals surface area contributed by atoms with E-state index in [1.54, 1.807) is 0 Å². The zero-order valence-electron chi connectivity index (χ0n) is 19.1. The second kappa shape index (κ2) is 11.1. The summed E-state index contributed by atoms with van der Waals surface area (Å²) < 4.78 is 0. The van der Waals surface area contributed by atoms with Crippen LogP contribution in [0.5, 0.6) is 0 Å². The molecular formula is C23H36N6O2. The molecule has 0 bridgehead atoms. The fourth-order valence-electron chi connectivity index (χ4n) is 4.29. The van der Waals surface area contributed by atoms with Crippen LogP contribution in [0, 0.1) is 0 Å². The number of nitrogens with one attached hydrogen (secondary N) is 2. The molecule has 2 aliphatic heterocycles. The Morgan fingerprint density at radius 1 is 1.00 bits per heavy atom. The highest BCUT2D eigenvalue weighted by molar-refractivity contribution is 5.88. The summed E-state index contributed by atoms with van der Waals surface area (Å²) in [6.45, 7) is 9.63. The molecule has 1 unspecified atom stereocenters. The van der Waals surface area contributed by atoms with Crippen molar-refractivity contribution in [3.63, 3.8) is 0 Å². The summed E-state index contributed by atoms with van der Waals surface area (Å²) in [7, 11) is 1.82. The van der Waals surface area contributed by atoms with E-state index in [0.717, 1.165) is 76.7 Å². The van der Waals surface area contributed by atoms with Gasteiger partial charge in [-0.25, -0.2) is 0 Å². The number of carbonyl (C=O) groups excluding carboxylic acids is 2. The first-order valence-electron chi connectivity index (χ1n) is 11.3. The van der Waals surface area contributed by atoms with Gasteiger partial charge in [-0.15, -0.1) is 0 Å². The molecule has 2 heterocycles. The molecule has 2 N–H and O–H groups in total. The number of aliphatic imine (C=N–C) groups is 1. The summed E-state index contributed by atoms with van der Waals surface area (Å²) in [6.07, 6.45) is 3.14. The Kier molecular flexibility index (Phi) is 8.28. The quantitative estimate of drug-likeness (QED) is 0.529. The van der Waals surface area contributed by atoms with E-state index in [-0.39, 0.29) is 17.9 Å². The van der Waals surface area contributed by atoms with Crippen molar-refractivity contribution in [3.8, 4) is 0 Å². The maximum absolute atomic E-state index is 12.7. The van der Waals surface area contributed by atoms with E-state index in [9.17, 15) is 9.59 Å². The van der Waals surface area contributed by atoms with E-state index in [2.05, 4.69) is 25.4 Å². The van der Waals surface area contributed by atoms with Gasteiger partial charge in [0, 0.05) is 65.5 Å². The van der Waals surface area contributed by atoms with Crippen molar-refractivity contribution in [3.05, 3.63) is 29.8 Å². The van der Waals surface area contributed by atoms with Gasteiger partial charge in [0.2, 0.25) is 11.8 Å². The normalized spacial score (nSPS) is 18.7. The molecule has 31 heavy (non-hydrogen) atoms. The number of hydrogen-bond acceptors (Lipinski definition) is 4. The minimum Gasteiger partial charge on any atom is -0.356 e. The van der Waals surface area contributed by atoms with Crippen molar-refractivity contribution < 1.29 is 9.59 Å². The molecule has 2 fully saturated rings. The van der Waals surface area contributed by atoms with Crippen LogP contribution in [-0.2, 0) is 16.0 Å². The van der Waals surface area contributed by atoms with Crippen molar-refractivity contribution in [2.75, 3.05) is 58.2 Å². The third-order valence-electron chi connectivity index (χ3n) is 6.12. The van der Waals surface area contributed by atoms with E-state index < -0.39 is 0 Å². The Morgan fingerprint density at radius 2 is 1.65 bits per heavy atom. The standard InChI is InChI=1S/C23H36N6O2/c1-18(22(31)28-12-4-5-13-28)27-14-16-29(17-15-27)23(24-3)25-11-10-20-6-8-21(9-7-20)26-19(2)30/h6-9,18H,4-5,10-17H2,1-3H3,(H,24,25)(H,26,30). The number of hydrogen-bond donors (Lipinski definition) is 2. The lowest BCUT2D eigenvalue weighted by Gasteiger charge is -2.39. The maximum atomic E-state index is 12.7. The third kappa shape index (κ3) is 6.43. The topological polar surface area (TPSA) is 80.3 Å². The van der Waals surface area contributed by atoms with Gasteiger partial charge < -0.3 is 20.4 Å². The number of amides is 2. The van der Waals surface area contributed by atoms with Crippen LogP contribution < -0.4 is 10.6 Å². The largest absolute Gasteiger partial charge is 0.356 e. The molecule has 8 heteroatoms. The van der Waals surface area contributed by atoms with Crippen LogP contribution in [0.15, 0.2) is 29.3 Å². The van der Waals surface area contributed by atoms with Crippen molar-refractivity contribution in [1.29, 1.82) is 0 Å². The lowest BCUT2D eigenvalue weighted by Crippen LogP contribution is -2.57. The monoisotopic (exact) mass is 428 g/mol. The number of likely N-dealkylation sites (tertiary alicyclic amines) is 1. The molecule has 0 radical (unpaired) electrons. The molecule has 2 aliphatic rings. The van der Waals surface area contributed by atoms with E-state index in [4.69, 9.17) is 0 Å².